The van der Waals surface area contributed by atoms with Gasteiger partial charge in [-0.15, -0.1) is 0 Å². The van der Waals surface area contributed by atoms with Gasteiger partial charge in [-0.1, -0.05) is 0 Å². The van der Waals surface area contributed by atoms with Gasteiger partial charge in [-0.05, 0) is 0 Å². The van der Waals surface area contributed by atoms with E-state index in [2.05, 4.69) is 4.74 Å². The molecule has 0 saturated carbocycles. The highest BCUT2D eigenvalue weighted by molar-refractivity contribution is 5.88. The van der Waals surface area contributed by atoms with Gasteiger partial charge >= 0.3 is 5.97 Å². The third-order valence-corrected chi connectivity index (χ3v) is 1.44. The molecule has 0 fully saturated rings. The lowest BCUT2D eigenvalue weighted by molar-refractivity contribution is -0.303. The van der Waals surface area contributed by atoms with E-state index >= 15 is 0 Å². The molecule has 0 aromatic carbocycles. The second-order valence-corrected chi connectivity index (χ2v) is 2.27. The summed E-state index contributed by atoms with van der Waals surface area (Å²) in [4.78, 5) is 10.4. The van der Waals surface area contributed by atoms with E-state index in [0.29, 0.717) is 0 Å². The first-order chi connectivity index (χ1) is 5.57. The summed E-state index contributed by atoms with van der Waals surface area (Å²) in [6, 6.07) is 0. The fraction of sp³-hybridized carbons (Fsp3) is 0.500. The molecule has 0 bridgehead atoms. The van der Waals surface area contributed by atoms with Gasteiger partial charge < -0.3 is 20.1 Å². The Kier molecular flexibility index (Phi) is 2.20. The first-order valence-electron chi connectivity index (χ1n) is 3.16. The molecule has 0 amide bonds. The van der Waals surface area contributed by atoms with E-state index < -0.39 is 36.3 Å². The number of hydrogen-bond acceptors (Lipinski definition) is 5. The zero-order valence-electron chi connectivity index (χ0n) is 5.89. The lowest BCUT2D eigenvalue weighted by Gasteiger charge is -2.13. The van der Waals surface area contributed by atoms with Crippen molar-refractivity contribution in [3.8, 4) is 0 Å². The van der Waals surface area contributed by atoms with Crippen molar-refractivity contribution in [1.82, 2.24) is 0 Å². The van der Waals surface area contributed by atoms with Crippen LogP contribution in [0.1, 0.15) is 0 Å². The van der Waals surface area contributed by atoms with E-state index in [4.69, 9.17) is 10.2 Å². The summed E-state index contributed by atoms with van der Waals surface area (Å²) in [7, 11) is 0. The minimum atomic E-state index is -1.53. The van der Waals surface area contributed by atoms with Gasteiger partial charge in [0.2, 0.25) is 0 Å². The molecule has 2 atom stereocenters. The van der Waals surface area contributed by atoms with Gasteiger partial charge in [-0.25, -0.2) is 4.79 Å². The van der Waals surface area contributed by atoms with Crippen molar-refractivity contribution in [2.75, 3.05) is 6.61 Å². The quantitative estimate of drug-likeness (QED) is 0.441. The molecular formula is C6H6O6-. The molecule has 1 radical (unpaired) electrons. The Bertz CT molecular complexity index is 232. The number of ether oxygens (including phenoxy) is 1. The molecule has 67 valence electrons. The normalized spacial score (nSPS) is 25.8. The van der Waals surface area contributed by atoms with Crippen LogP contribution in [0.2, 0.25) is 0 Å². The fourth-order valence-corrected chi connectivity index (χ4v) is 0.801. The van der Waals surface area contributed by atoms with Crippen LogP contribution in [-0.2, 0) is 14.6 Å². The van der Waals surface area contributed by atoms with Crippen LogP contribution in [0, 0.1) is 0 Å². The first kappa shape index (κ1) is 8.82. The molecule has 0 saturated heterocycles. The maximum atomic E-state index is 10.7. The summed E-state index contributed by atoms with van der Waals surface area (Å²) in [5.74, 6) is -3.67. The van der Waals surface area contributed by atoms with Crippen LogP contribution >= 0.6 is 0 Å². The second-order valence-electron chi connectivity index (χ2n) is 2.27. The van der Waals surface area contributed by atoms with E-state index in [9.17, 15) is 15.0 Å². The lowest BCUT2D eigenvalue weighted by Crippen LogP contribution is -2.31. The SMILES string of the molecule is [O]C1=C([O-])C(=O)OC1C(O)CO. The Balaban J connectivity index is 2.80. The van der Waals surface area contributed by atoms with Crippen LogP contribution in [-0.4, -0.2) is 35.0 Å². The van der Waals surface area contributed by atoms with E-state index in [1.165, 1.54) is 0 Å². The zero-order chi connectivity index (χ0) is 9.30. The van der Waals surface area contributed by atoms with Crippen LogP contribution in [0.15, 0.2) is 11.5 Å². The van der Waals surface area contributed by atoms with Crippen molar-refractivity contribution in [3.05, 3.63) is 11.5 Å². The Morgan fingerprint density at radius 3 is 2.58 bits per heavy atom. The van der Waals surface area contributed by atoms with Crippen LogP contribution in [0.4, 0.5) is 0 Å². The minimum absolute atomic E-state index is 0.739. The first-order valence-corrected chi connectivity index (χ1v) is 3.16. The van der Waals surface area contributed by atoms with Crippen molar-refractivity contribution in [2.24, 2.45) is 0 Å². The summed E-state index contributed by atoms with van der Waals surface area (Å²) in [6.45, 7) is -0.739. The molecule has 2 N–H and O–H groups in total. The van der Waals surface area contributed by atoms with Crippen LogP contribution < -0.4 is 5.11 Å². The molecule has 0 spiro atoms. The van der Waals surface area contributed by atoms with Crippen molar-refractivity contribution >= 4 is 5.97 Å². The molecule has 0 aromatic heterocycles. The van der Waals surface area contributed by atoms with Gasteiger partial charge in [0.05, 0.1) is 6.61 Å². The van der Waals surface area contributed by atoms with Crippen molar-refractivity contribution < 1.29 is 30.0 Å². The van der Waals surface area contributed by atoms with Crippen LogP contribution in [0.3, 0.4) is 0 Å². The largest absolute Gasteiger partial charge is 0.865 e. The average Bonchev–Trinajstić information content (AvgIpc) is 2.32. The van der Waals surface area contributed by atoms with Gasteiger partial charge in [-0.2, -0.15) is 0 Å². The topological polar surface area (TPSA) is 110 Å². The number of rotatable bonds is 2. The average molecular weight is 174 g/mol. The highest BCUT2D eigenvalue weighted by Gasteiger charge is 2.35. The highest BCUT2D eigenvalue weighted by atomic mass is 16.6. The van der Waals surface area contributed by atoms with Gasteiger partial charge in [0.25, 0.3) is 0 Å². The van der Waals surface area contributed by atoms with Gasteiger partial charge in [0, 0.05) is 5.76 Å². The van der Waals surface area contributed by atoms with Crippen molar-refractivity contribution in [2.45, 2.75) is 12.2 Å². The maximum absolute atomic E-state index is 10.7. The standard InChI is InChI=1S/C6H7O6/c7-1-2(8)5-3(9)4(10)6(11)12-5/h2,5,7-8,10H,1H2/p-1. The summed E-state index contributed by atoms with van der Waals surface area (Å²) in [5.41, 5.74) is 0. The van der Waals surface area contributed by atoms with E-state index in [0.717, 1.165) is 0 Å². The summed E-state index contributed by atoms with van der Waals surface area (Å²) in [5, 5.41) is 38.5. The third kappa shape index (κ3) is 1.21. The highest BCUT2D eigenvalue weighted by Crippen LogP contribution is 2.19. The molecule has 6 heteroatoms. The number of aliphatic hydroxyl groups is 2. The van der Waals surface area contributed by atoms with Crippen LogP contribution in [0.5, 0.6) is 0 Å². The summed E-state index contributed by atoms with van der Waals surface area (Å²) < 4.78 is 4.19. The minimum Gasteiger partial charge on any atom is -0.865 e. The van der Waals surface area contributed by atoms with E-state index in [1.807, 2.05) is 0 Å². The fourth-order valence-electron chi connectivity index (χ4n) is 0.801. The smallest absolute Gasteiger partial charge is 0.327 e. The summed E-state index contributed by atoms with van der Waals surface area (Å²) in [6.07, 6.45) is -3.05. The van der Waals surface area contributed by atoms with Crippen LogP contribution in [0.25, 0.3) is 0 Å². The monoisotopic (exact) mass is 174 g/mol. The zero-order valence-corrected chi connectivity index (χ0v) is 5.89. The molecule has 0 aliphatic carbocycles. The number of esters is 1. The van der Waals surface area contributed by atoms with Gasteiger partial charge in [0.1, 0.15) is 6.10 Å². The second kappa shape index (κ2) is 3.00. The summed E-state index contributed by atoms with van der Waals surface area (Å²) >= 11 is 0. The Hall–Kier alpha value is -1.27. The molecule has 0 aromatic rings. The molecule has 2 unspecified atom stereocenters. The molecule has 1 aliphatic rings. The number of carbonyl (C=O) groups is 1. The van der Waals surface area contributed by atoms with E-state index in [-0.39, 0.29) is 0 Å². The maximum Gasteiger partial charge on any atom is 0.327 e. The molecule has 1 rings (SSSR count). The van der Waals surface area contributed by atoms with Gasteiger partial charge in [-0.3, -0.25) is 5.11 Å². The number of cyclic esters (lactones) is 1. The van der Waals surface area contributed by atoms with Crippen molar-refractivity contribution in [1.29, 1.82) is 0 Å². The number of carbonyl (C=O) groups excluding carboxylic acids is 1. The van der Waals surface area contributed by atoms with Gasteiger partial charge in [0.15, 0.2) is 11.9 Å². The predicted molar refractivity (Wildman–Crippen MR) is 30.7 cm³/mol. The Morgan fingerprint density at radius 2 is 2.25 bits per heavy atom. The third-order valence-electron chi connectivity index (χ3n) is 1.44. The molecule has 1 aliphatic heterocycles. The predicted octanol–water partition coefficient (Wildman–Crippen LogP) is -2.73. The Morgan fingerprint density at radius 1 is 1.67 bits per heavy atom. The molecule has 12 heavy (non-hydrogen) atoms. The number of aliphatic hydroxyl groups excluding tert-OH is 2. The molecule has 6 nitrogen and oxygen atoms in total. The van der Waals surface area contributed by atoms with E-state index in [1.54, 1.807) is 0 Å². The van der Waals surface area contributed by atoms with Crippen molar-refractivity contribution in [3.63, 3.8) is 0 Å². The molecule has 1 heterocycles. The number of hydrogen-bond donors (Lipinski definition) is 2. The molecular weight excluding hydrogens is 168 g/mol. The lowest BCUT2D eigenvalue weighted by atomic mass is 10.2. The Labute approximate surface area is 67.3 Å².